The zero-order valence-corrected chi connectivity index (χ0v) is 36.1. The molecule has 2 aromatic heterocycles. The van der Waals surface area contributed by atoms with Crippen LogP contribution in [0.1, 0.15) is 81.0 Å². The summed E-state index contributed by atoms with van der Waals surface area (Å²) in [6, 6.07) is 17.1. The highest BCUT2D eigenvalue weighted by atomic mass is 16.2. The van der Waals surface area contributed by atoms with Crippen molar-refractivity contribution in [2.75, 3.05) is 25.0 Å². The number of nitrogens with zero attached hydrogens (tertiary/aromatic N) is 6. The minimum Gasteiger partial charge on any atom is -0.354 e. The summed E-state index contributed by atoms with van der Waals surface area (Å²) in [5, 5.41) is 18.4. The Balaban J connectivity index is 0.897. The molecule has 17 heteroatoms. The molecule has 0 fully saturated rings. The van der Waals surface area contributed by atoms with Gasteiger partial charge in [-0.15, -0.1) is 0 Å². The number of hydrazone groups is 1. The minimum atomic E-state index is -0.992. The van der Waals surface area contributed by atoms with Gasteiger partial charge >= 0.3 is 6.03 Å². The predicted octanol–water partition coefficient (Wildman–Crippen LogP) is 4.14. The molecule has 3 aliphatic rings. The minimum absolute atomic E-state index is 0.0959. The fraction of sp³-hybridized carbons (Fsp3) is 0.362. The van der Waals surface area contributed by atoms with Crippen LogP contribution in [0.2, 0.25) is 0 Å². The molecule has 7 rings (SSSR count). The maximum atomic E-state index is 14.0. The fourth-order valence-electron chi connectivity index (χ4n) is 7.86. The van der Waals surface area contributed by atoms with Crippen LogP contribution in [0, 0.1) is 5.92 Å². The Bertz CT molecular complexity index is 2460. The number of unbranched alkanes of at least 4 members (excludes halogenated alkanes) is 3. The van der Waals surface area contributed by atoms with Gasteiger partial charge in [0.15, 0.2) is 0 Å². The third-order valence-electron chi connectivity index (χ3n) is 11.5. The number of imide groups is 1. The first-order chi connectivity index (χ1) is 30.8. The lowest BCUT2D eigenvalue weighted by molar-refractivity contribution is -0.141. The fourth-order valence-corrected chi connectivity index (χ4v) is 7.86. The van der Waals surface area contributed by atoms with E-state index >= 15 is 0 Å². The number of nitrogens with one attached hydrogen (secondary N) is 4. The Hall–Kier alpha value is -7.30. The van der Waals surface area contributed by atoms with E-state index in [2.05, 4.69) is 31.2 Å². The third kappa shape index (κ3) is 10.8. The van der Waals surface area contributed by atoms with Crippen LogP contribution in [0.4, 0.5) is 10.5 Å². The summed E-state index contributed by atoms with van der Waals surface area (Å²) in [5.74, 6) is -3.74. The van der Waals surface area contributed by atoms with Crippen molar-refractivity contribution in [1.29, 1.82) is 0 Å². The molecule has 0 bridgehead atoms. The van der Waals surface area contributed by atoms with Gasteiger partial charge in [-0.05, 0) is 78.3 Å². The summed E-state index contributed by atoms with van der Waals surface area (Å²) in [6.07, 6.45) is 10.7. The standard InChI is InChI=1S/C47H52N10O7/c1-29(2)43(53-40(58)28-56-41(59)16-17-42(56)60)45(62)51-30(3)44(61)50-19-6-4-5-7-22-57-46(63)37(33-11-10-31-9-8-20-49-38(31)23-33)24-39(54-57)32-12-14-36(15-13-32)52-47(64)55-26-34-18-21-48-25-35(34)27-55/h8-18,20-21,23,25,29-30,37,43H,4-7,19,22,24,26-28H2,1-3H3,(H,50,61)(H,51,62)(H,52,64)(H,53,58)/t30-,37?,43-/m0/s1. The van der Waals surface area contributed by atoms with Crippen molar-refractivity contribution in [3.05, 3.63) is 114 Å². The van der Waals surface area contributed by atoms with Gasteiger partial charge in [0.2, 0.25) is 17.7 Å². The van der Waals surface area contributed by atoms with E-state index < -0.39 is 48.2 Å². The van der Waals surface area contributed by atoms with Crippen LogP contribution in [0.5, 0.6) is 0 Å². The van der Waals surface area contributed by atoms with Gasteiger partial charge in [-0.3, -0.25) is 43.6 Å². The van der Waals surface area contributed by atoms with Crippen LogP contribution in [0.25, 0.3) is 10.9 Å². The van der Waals surface area contributed by atoms with Crippen molar-refractivity contribution in [3.8, 4) is 0 Å². The highest BCUT2D eigenvalue weighted by Gasteiger charge is 2.34. The summed E-state index contributed by atoms with van der Waals surface area (Å²) >= 11 is 0. The molecule has 4 N–H and O–H groups in total. The number of rotatable bonds is 17. The molecule has 0 spiro atoms. The SMILES string of the molecule is CC(C)[C@H](NC(=O)CN1C(=O)C=CC1=O)C(=O)N[C@@H](C)C(=O)NCCCCCCN1N=C(c2ccc(NC(=O)N3Cc4ccncc4C3)cc2)CC(c2ccc3cccnc3c2)C1=O. The van der Waals surface area contributed by atoms with Gasteiger partial charge in [0.1, 0.15) is 18.6 Å². The molecule has 3 atom stereocenters. The zero-order chi connectivity index (χ0) is 45.3. The molecule has 1 unspecified atom stereocenters. The molecule has 0 radical (unpaired) electrons. The Labute approximate surface area is 370 Å². The maximum absolute atomic E-state index is 14.0. The number of benzene rings is 2. The average Bonchev–Trinajstić information content (AvgIpc) is 3.87. The number of carbonyl (C=O) groups is 7. The molecule has 332 valence electrons. The monoisotopic (exact) mass is 868 g/mol. The van der Waals surface area contributed by atoms with E-state index in [1.165, 1.54) is 0 Å². The van der Waals surface area contributed by atoms with Crippen LogP contribution >= 0.6 is 0 Å². The van der Waals surface area contributed by atoms with Crippen molar-refractivity contribution >= 4 is 63.8 Å². The number of aromatic nitrogens is 2. The van der Waals surface area contributed by atoms with Gasteiger partial charge in [-0.25, -0.2) is 9.80 Å². The van der Waals surface area contributed by atoms with E-state index in [1.807, 2.05) is 60.7 Å². The topological polar surface area (TPSA) is 215 Å². The quantitative estimate of drug-likeness (QED) is 0.0885. The molecule has 8 amide bonds. The normalized spacial score (nSPS) is 16.8. The second kappa shape index (κ2) is 20.3. The number of urea groups is 1. The molecule has 0 saturated carbocycles. The van der Waals surface area contributed by atoms with E-state index in [0.717, 1.165) is 68.8 Å². The van der Waals surface area contributed by atoms with Crippen LogP contribution < -0.4 is 21.3 Å². The number of fused-ring (bicyclic) bond motifs is 2. The van der Waals surface area contributed by atoms with Gasteiger partial charge in [0, 0.05) is 74.4 Å². The van der Waals surface area contributed by atoms with Gasteiger partial charge in [-0.2, -0.15) is 5.10 Å². The highest BCUT2D eigenvalue weighted by molar-refractivity contribution is 6.14. The molecule has 5 heterocycles. The van der Waals surface area contributed by atoms with E-state index in [4.69, 9.17) is 5.10 Å². The molecule has 0 saturated heterocycles. The number of amides is 8. The number of hydrogen-bond donors (Lipinski definition) is 4. The van der Waals surface area contributed by atoms with Crippen molar-refractivity contribution in [2.24, 2.45) is 11.0 Å². The predicted molar refractivity (Wildman–Crippen MR) is 238 cm³/mol. The lowest BCUT2D eigenvalue weighted by atomic mass is 9.88. The largest absolute Gasteiger partial charge is 0.354 e. The van der Waals surface area contributed by atoms with Crippen LogP contribution in [-0.4, -0.2) is 104 Å². The number of pyridine rings is 2. The lowest BCUT2D eigenvalue weighted by Gasteiger charge is -2.30. The van der Waals surface area contributed by atoms with Gasteiger partial charge in [0.25, 0.3) is 17.7 Å². The Morgan fingerprint density at radius 3 is 2.31 bits per heavy atom. The first-order valence-corrected chi connectivity index (χ1v) is 21.6. The molecule has 3 aliphatic heterocycles. The third-order valence-corrected chi connectivity index (χ3v) is 11.5. The van der Waals surface area contributed by atoms with Gasteiger partial charge < -0.3 is 26.2 Å². The maximum Gasteiger partial charge on any atom is 0.322 e. The van der Waals surface area contributed by atoms with Crippen molar-refractivity contribution in [1.82, 2.24) is 40.7 Å². The Kier molecular flexibility index (Phi) is 14.2. The first-order valence-electron chi connectivity index (χ1n) is 21.6. The molecular weight excluding hydrogens is 817 g/mol. The number of anilines is 1. The van der Waals surface area contributed by atoms with Crippen LogP contribution in [0.15, 0.2) is 96.5 Å². The zero-order valence-electron chi connectivity index (χ0n) is 36.1. The lowest BCUT2D eigenvalue weighted by Crippen LogP contribution is -2.56. The summed E-state index contributed by atoms with van der Waals surface area (Å²) < 4.78 is 0. The summed E-state index contributed by atoms with van der Waals surface area (Å²) in [4.78, 5) is 101. The van der Waals surface area contributed by atoms with Gasteiger partial charge in [-0.1, -0.05) is 57.0 Å². The molecule has 2 aromatic carbocycles. The van der Waals surface area contributed by atoms with E-state index in [1.54, 1.807) is 49.3 Å². The molecule has 4 aromatic rings. The highest BCUT2D eigenvalue weighted by Crippen LogP contribution is 2.32. The van der Waals surface area contributed by atoms with Crippen LogP contribution in [0.3, 0.4) is 0 Å². The smallest absolute Gasteiger partial charge is 0.322 e. The second-order valence-corrected chi connectivity index (χ2v) is 16.5. The Morgan fingerprint density at radius 1 is 0.812 bits per heavy atom. The molecular formula is C47H52N10O7. The number of carbonyl (C=O) groups excluding carboxylic acids is 7. The van der Waals surface area contributed by atoms with Gasteiger partial charge in [0.05, 0.1) is 17.1 Å². The van der Waals surface area contributed by atoms with Crippen molar-refractivity contribution < 1.29 is 33.6 Å². The Morgan fingerprint density at radius 2 is 1.56 bits per heavy atom. The van der Waals surface area contributed by atoms with Crippen molar-refractivity contribution in [2.45, 2.75) is 84.0 Å². The molecule has 17 nitrogen and oxygen atoms in total. The average molecular weight is 869 g/mol. The van der Waals surface area contributed by atoms with E-state index in [0.29, 0.717) is 51.1 Å². The summed E-state index contributed by atoms with van der Waals surface area (Å²) in [6.45, 7) is 6.28. The van der Waals surface area contributed by atoms with Crippen LogP contribution in [-0.2, 0) is 41.9 Å². The summed E-state index contributed by atoms with van der Waals surface area (Å²) in [5.41, 5.74) is 6.03. The number of hydrogen-bond acceptors (Lipinski definition) is 10. The first kappa shape index (κ1) is 44.7. The molecule has 0 aliphatic carbocycles. The molecule has 64 heavy (non-hydrogen) atoms. The van der Waals surface area contributed by atoms with Crippen molar-refractivity contribution in [3.63, 3.8) is 0 Å². The summed E-state index contributed by atoms with van der Waals surface area (Å²) in [7, 11) is 0. The van der Waals surface area contributed by atoms with E-state index in [-0.39, 0.29) is 23.8 Å². The van der Waals surface area contributed by atoms with E-state index in [9.17, 15) is 33.6 Å². The second-order valence-electron chi connectivity index (χ2n) is 16.5.